The van der Waals surface area contributed by atoms with Gasteiger partial charge in [0.2, 0.25) is 12.3 Å². The van der Waals surface area contributed by atoms with E-state index < -0.39 is 25.0 Å². The normalized spacial score (nSPS) is 20.8. The molecule has 0 saturated carbocycles. The monoisotopic (exact) mass is 869 g/mol. The number of likely N-dealkylation sites (tertiary alicyclic amines) is 1. The number of fused-ring (bicyclic) bond motifs is 2. The van der Waals surface area contributed by atoms with Gasteiger partial charge in [-0.05, 0) is 159 Å². The fourth-order valence-electron chi connectivity index (χ4n) is 10.7. The Morgan fingerprint density at radius 1 is 0.906 bits per heavy atom. The Hall–Kier alpha value is -5.21. The van der Waals surface area contributed by atoms with Gasteiger partial charge in [0.05, 0.1) is 6.54 Å². The zero-order valence-electron chi connectivity index (χ0n) is 37.7. The second-order valence-electron chi connectivity index (χ2n) is 18.5. The van der Waals surface area contributed by atoms with Crippen LogP contribution in [0.1, 0.15) is 107 Å². The molecule has 338 valence electrons. The maximum Gasteiger partial charge on any atom is 0.488 e. The standard InChI is InChI=1S/C32H41BN2O2.C19H23N3O5/c1-34-19-15-32(16-20-34)17-21-35(22-18-32)28-11-7-25(8-12-28)31-29(24-5-3-2-4-6-24)13-9-26-23-27(33(36)37)10-14-30(26)31;1-13-8-14-10-21(5-7-24)11-15(14)9-16(13)19(27)22(12-25)17(4-3-6-23)18(26)20-2/h3,5-8,10-12,14,23,29,31,36-37H,2,4,9,13,15-22H2,1H3;6-9,12,17H,3-5,10-11H2,1-2H3,(H,20,26)/t29-,31+;/m1./s1. The number of amides is 3. The highest BCUT2D eigenvalue weighted by atomic mass is 16.4. The van der Waals surface area contributed by atoms with Crippen LogP contribution in [0.3, 0.4) is 0 Å². The summed E-state index contributed by atoms with van der Waals surface area (Å²) < 4.78 is 0. The van der Waals surface area contributed by atoms with Gasteiger partial charge in [0.15, 0.2) is 0 Å². The van der Waals surface area contributed by atoms with E-state index in [-0.39, 0.29) is 12.8 Å². The SMILES string of the molecule is CN1CCC2(CC1)CCN(c1ccc([C@@H]3c4ccc(B(O)O)cc4CC[C@@H]3C3=CCCC=C3)cc1)CC2.CNC(=O)C(CCC=O)N(C=O)C(=O)c1cc2c(cc1C)CN(CC=O)C2. The van der Waals surface area contributed by atoms with Gasteiger partial charge >= 0.3 is 7.12 Å². The number of hydrogen-bond acceptors (Lipinski definition) is 10. The van der Waals surface area contributed by atoms with Crippen LogP contribution in [0.4, 0.5) is 5.69 Å². The number of anilines is 1. The summed E-state index contributed by atoms with van der Waals surface area (Å²) in [4.78, 5) is 66.0. The van der Waals surface area contributed by atoms with E-state index in [1.54, 1.807) is 13.0 Å². The minimum atomic E-state index is -1.41. The average Bonchev–Trinajstić information content (AvgIpc) is 3.72. The molecule has 2 aliphatic carbocycles. The first-order valence-electron chi connectivity index (χ1n) is 23.1. The van der Waals surface area contributed by atoms with E-state index in [4.69, 9.17) is 0 Å². The Kier molecular flexibility index (Phi) is 15.5. The molecule has 3 atom stereocenters. The Morgan fingerprint density at radius 2 is 1.61 bits per heavy atom. The summed E-state index contributed by atoms with van der Waals surface area (Å²) in [7, 11) is 2.25. The fourth-order valence-corrected chi connectivity index (χ4v) is 10.7. The molecule has 1 unspecified atom stereocenters. The van der Waals surface area contributed by atoms with Crippen molar-refractivity contribution < 1.29 is 34.0 Å². The first-order chi connectivity index (χ1) is 31.0. The lowest BCUT2D eigenvalue weighted by Crippen LogP contribution is -2.48. The second kappa shape index (κ2) is 21.2. The molecule has 0 radical (unpaired) electrons. The van der Waals surface area contributed by atoms with Crippen molar-refractivity contribution in [2.75, 3.05) is 51.7 Å². The lowest BCUT2D eigenvalue weighted by molar-refractivity contribution is -0.131. The number of rotatable bonds is 13. The summed E-state index contributed by atoms with van der Waals surface area (Å²) >= 11 is 0. The molecular weight excluding hydrogens is 805 g/mol. The minimum Gasteiger partial charge on any atom is -0.423 e. The van der Waals surface area contributed by atoms with Crippen LogP contribution in [-0.2, 0) is 38.7 Å². The van der Waals surface area contributed by atoms with Crippen molar-refractivity contribution in [1.82, 2.24) is 20.0 Å². The van der Waals surface area contributed by atoms with Crippen molar-refractivity contribution in [3.63, 3.8) is 0 Å². The van der Waals surface area contributed by atoms with Gasteiger partial charge in [0.25, 0.3) is 5.91 Å². The lowest BCUT2D eigenvalue weighted by atomic mass is 9.66. The van der Waals surface area contributed by atoms with Crippen LogP contribution >= 0.6 is 0 Å². The van der Waals surface area contributed by atoms with E-state index in [2.05, 4.69) is 70.7 Å². The number of nitrogens with zero attached hydrogens (tertiary/aromatic N) is 4. The van der Waals surface area contributed by atoms with Gasteiger partial charge in [-0.3, -0.25) is 24.2 Å². The number of aryl methyl sites for hydroxylation is 2. The van der Waals surface area contributed by atoms with Gasteiger partial charge in [0, 0.05) is 56.8 Å². The van der Waals surface area contributed by atoms with Crippen LogP contribution < -0.4 is 15.7 Å². The highest BCUT2D eigenvalue weighted by molar-refractivity contribution is 6.58. The summed E-state index contributed by atoms with van der Waals surface area (Å²) in [6.07, 6.45) is 18.7. The number of carbonyl (C=O) groups is 5. The first-order valence-corrected chi connectivity index (χ1v) is 23.1. The minimum absolute atomic E-state index is 0.0551. The topological polar surface area (TPSA) is 151 Å². The zero-order valence-corrected chi connectivity index (χ0v) is 37.7. The molecule has 0 bridgehead atoms. The maximum absolute atomic E-state index is 13.0. The van der Waals surface area contributed by atoms with Crippen LogP contribution in [0.5, 0.6) is 0 Å². The predicted molar refractivity (Wildman–Crippen MR) is 250 cm³/mol. The van der Waals surface area contributed by atoms with E-state index in [0.29, 0.717) is 66.2 Å². The van der Waals surface area contributed by atoms with Crippen LogP contribution in [0.15, 0.2) is 78.4 Å². The average molecular weight is 870 g/mol. The Labute approximate surface area is 378 Å². The molecule has 3 heterocycles. The van der Waals surface area contributed by atoms with Gasteiger partial charge in [-0.15, -0.1) is 0 Å². The van der Waals surface area contributed by atoms with Crippen LogP contribution in [0, 0.1) is 18.3 Å². The highest BCUT2D eigenvalue weighted by Crippen LogP contribution is 2.46. The molecule has 3 amide bonds. The summed E-state index contributed by atoms with van der Waals surface area (Å²) in [5, 5.41) is 21.9. The molecule has 8 rings (SSSR count). The van der Waals surface area contributed by atoms with E-state index in [1.807, 2.05) is 23.1 Å². The largest absolute Gasteiger partial charge is 0.488 e. The molecular formula is C51H64BN5O7. The summed E-state index contributed by atoms with van der Waals surface area (Å²) in [5.74, 6) is -0.341. The van der Waals surface area contributed by atoms with Crippen molar-refractivity contribution >= 4 is 49.1 Å². The molecule has 1 spiro atoms. The van der Waals surface area contributed by atoms with Crippen molar-refractivity contribution in [1.29, 1.82) is 0 Å². The number of nitrogens with one attached hydrogen (secondary N) is 1. The van der Waals surface area contributed by atoms with Crippen LogP contribution in [0.25, 0.3) is 0 Å². The van der Waals surface area contributed by atoms with Crippen molar-refractivity contribution in [3.05, 3.63) is 117 Å². The number of carbonyl (C=O) groups excluding carboxylic acids is 5. The number of imide groups is 1. The number of piperidine rings is 2. The Balaban J connectivity index is 0.000000202. The third kappa shape index (κ3) is 10.5. The number of likely N-dealkylation sites (N-methyl/N-ethyl adjacent to an activating group) is 1. The number of allylic oxidation sites excluding steroid dienone is 4. The molecule has 5 aliphatic rings. The van der Waals surface area contributed by atoms with E-state index in [1.165, 1.54) is 86.9 Å². The van der Waals surface area contributed by atoms with Crippen molar-refractivity contribution in [2.24, 2.45) is 11.3 Å². The van der Waals surface area contributed by atoms with E-state index in [0.717, 1.165) is 48.0 Å². The van der Waals surface area contributed by atoms with E-state index in [9.17, 15) is 34.0 Å². The summed E-state index contributed by atoms with van der Waals surface area (Å²) in [6.45, 7) is 8.08. The highest BCUT2D eigenvalue weighted by Gasteiger charge is 2.38. The smallest absolute Gasteiger partial charge is 0.423 e. The lowest BCUT2D eigenvalue weighted by Gasteiger charge is -2.47. The molecule has 2 fully saturated rings. The molecule has 2 saturated heterocycles. The van der Waals surface area contributed by atoms with Crippen LogP contribution in [-0.4, -0.2) is 116 Å². The number of hydrogen-bond donors (Lipinski definition) is 3. The van der Waals surface area contributed by atoms with Gasteiger partial charge in [-0.2, -0.15) is 0 Å². The molecule has 3 aromatic rings. The number of benzene rings is 3. The van der Waals surface area contributed by atoms with Gasteiger partial charge in [0.1, 0.15) is 18.6 Å². The third-order valence-electron chi connectivity index (χ3n) is 14.6. The van der Waals surface area contributed by atoms with Gasteiger partial charge in [-0.25, -0.2) is 0 Å². The fraction of sp³-hybridized carbons (Fsp3) is 0.471. The second-order valence-corrected chi connectivity index (χ2v) is 18.5. The number of aldehydes is 2. The van der Waals surface area contributed by atoms with Crippen molar-refractivity contribution in [2.45, 2.75) is 96.2 Å². The third-order valence-corrected chi connectivity index (χ3v) is 14.6. The molecule has 0 aromatic heterocycles. The molecule has 13 heteroatoms. The molecule has 3 aromatic carbocycles. The van der Waals surface area contributed by atoms with Gasteiger partial charge in [-0.1, -0.05) is 54.6 Å². The Bertz CT molecular complexity index is 2220. The van der Waals surface area contributed by atoms with E-state index >= 15 is 0 Å². The first kappa shape index (κ1) is 46.8. The molecule has 64 heavy (non-hydrogen) atoms. The predicted octanol–water partition coefficient (Wildman–Crippen LogP) is 4.85. The summed E-state index contributed by atoms with van der Waals surface area (Å²) in [5.41, 5.74) is 10.9. The quantitative estimate of drug-likeness (QED) is 0.161. The maximum atomic E-state index is 13.0. The molecule has 12 nitrogen and oxygen atoms in total. The molecule has 3 N–H and O–H groups in total. The zero-order chi connectivity index (χ0) is 45.4. The molecule has 3 aliphatic heterocycles. The summed E-state index contributed by atoms with van der Waals surface area (Å²) in [6, 6.07) is 18.0. The van der Waals surface area contributed by atoms with Crippen LogP contribution in [0.2, 0.25) is 0 Å². The Morgan fingerprint density at radius 3 is 2.23 bits per heavy atom. The van der Waals surface area contributed by atoms with Crippen molar-refractivity contribution in [3.8, 4) is 0 Å². The van der Waals surface area contributed by atoms with Gasteiger partial charge < -0.3 is 34.8 Å².